The molecule has 0 radical (unpaired) electrons. The Morgan fingerprint density at radius 3 is 2.65 bits per heavy atom. The minimum atomic E-state index is -0.374. The Hall–Kier alpha value is -1.05. The monoisotopic (exact) mass is 234 g/mol. The highest BCUT2D eigenvalue weighted by molar-refractivity contribution is 6.00. The summed E-state index contributed by atoms with van der Waals surface area (Å²) in [6.45, 7) is 8.44. The summed E-state index contributed by atoms with van der Waals surface area (Å²) < 4.78 is 5.17. The Labute approximate surface area is 104 Å². The van der Waals surface area contributed by atoms with Crippen LogP contribution in [0.3, 0.4) is 0 Å². The van der Waals surface area contributed by atoms with Gasteiger partial charge in [-0.3, -0.25) is 4.79 Å². The zero-order chi connectivity index (χ0) is 12.8. The molecular formula is C15H22O2. The summed E-state index contributed by atoms with van der Waals surface area (Å²) in [5.74, 6) is 0.530. The van der Waals surface area contributed by atoms with Gasteiger partial charge in [-0.05, 0) is 37.7 Å². The molecule has 0 bridgehead atoms. The Morgan fingerprint density at radius 2 is 2.12 bits per heavy atom. The third-order valence-corrected chi connectivity index (χ3v) is 4.82. The topological polar surface area (TPSA) is 26.3 Å². The number of methoxy groups -OCH3 is 1. The second-order valence-electron chi connectivity index (χ2n) is 5.91. The fourth-order valence-corrected chi connectivity index (χ4v) is 3.76. The maximum Gasteiger partial charge on any atom is 0.150 e. The van der Waals surface area contributed by atoms with Crippen LogP contribution >= 0.6 is 0 Å². The van der Waals surface area contributed by atoms with E-state index in [0.717, 1.165) is 18.4 Å². The summed E-state index contributed by atoms with van der Waals surface area (Å²) in [7, 11) is 1.66. The highest BCUT2D eigenvalue weighted by Gasteiger charge is 2.70. The Balaban J connectivity index is 2.56. The standard InChI is InChI=1S/C15H22O2/c1-10(2)8-15-12(9-17-5)6-7-14(15,4)11(3)13(15)16/h8-9,11H,6-7H2,1-5H3/b12-9+/t11-,14+,15-/m0/s1. The van der Waals surface area contributed by atoms with Crippen molar-refractivity contribution in [1.29, 1.82) is 0 Å². The molecule has 0 saturated heterocycles. The van der Waals surface area contributed by atoms with Crippen LogP contribution in [0.5, 0.6) is 0 Å². The molecule has 2 heteroatoms. The molecule has 0 unspecified atom stereocenters. The maximum absolute atomic E-state index is 12.4. The Kier molecular flexibility index (Phi) is 2.72. The molecule has 0 spiro atoms. The number of hydrogen-bond donors (Lipinski definition) is 0. The van der Waals surface area contributed by atoms with Gasteiger partial charge in [-0.2, -0.15) is 0 Å². The lowest BCUT2D eigenvalue weighted by molar-refractivity contribution is -0.156. The quantitative estimate of drug-likeness (QED) is 0.540. The Bertz CT molecular complexity index is 415. The molecule has 2 fully saturated rings. The van der Waals surface area contributed by atoms with Crippen molar-refractivity contribution in [1.82, 2.24) is 0 Å². The second kappa shape index (κ2) is 3.72. The van der Waals surface area contributed by atoms with Gasteiger partial charge in [0.2, 0.25) is 0 Å². The van der Waals surface area contributed by atoms with Gasteiger partial charge in [-0.25, -0.2) is 0 Å². The first-order valence-corrected chi connectivity index (χ1v) is 6.33. The van der Waals surface area contributed by atoms with Crippen LogP contribution in [0.1, 0.15) is 40.5 Å². The summed E-state index contributed by atoms with van der Waals surface area (Å²) in [6.07, 6.45) is 6.00. The molecule has 3 atom stereocenters. The molecule has 0 aliphatic heterocycles. The fourth-order valence-electron chi connectivity index (χ4n) is 3.76. The van der Waals surface area contributed by atoms with Gasteiger partial charge in [-0.1, -0.05) is 25.5 Å². The molecule has 2 nitrogen and oxygen atoms in total. The zero-order valence-corrected chi connectivity index (χ0v) is 11.5. The van der Waals surface area contributed by atoms with Crippen LogP contribution in [0.15, 0.2) is 23.5 Å². The molecule has 2 saturated carbocycles. The smallest absolute Gasteiger partial charge is 0.150 e. The van der Waals surface area contributed by atoms with Crippen LogP contribution in [0.2, 0.25) is 0 Å². The van der Waals surface area contributed by atoms with Crippen LogP contribution in [0.4, 0.5) is 0 Å². The summed E-state index contributed by atoms with van der Waals surface area (Å²) in [5.41, 5.74) is 2.08. The van der Waals surface area contributed by atoms with Gasteiger partial charge in [0.05, 0.1) is 18.8 Å². The van der Waals surface area contributed by atoms with Gasteiger partial charge in [0, 0.05) is 5.92 Å². The summed E-state index contributed by atoms with van der Waals surface area (Å²) in [4.78, 5) is 12.4. The van der Waals surface area contributed by atoms with E-state index >= 15 is 0 Å². The van der Waals surface area contributed by atoms with E-state index in [0.29, 0.717) is 5.78 Å². The third kappa shape index (κ3) is 1.30. The van der Waals surface area contributed by atoms with E-state index < -0.39 is 0 Å². The lowest BCUT2D eigenvalue weighted by Gasteiger charge is -2.56. The van der Waals surface area contributed by atoms with Gasteiger partial charge in [0.15, 0.2) is 5.78 Å². The third-order valence-electron chi connectivity index (χ3n) is 4.82. The lowest BCUT2D eigenvalue weighted by atomic mass is 9.44. The van der Waals surface area contributed by atoms with E-state index in [2.05, 4.69) is 33.8 Å². The highest BCUT2D eigenvalue weighted by atomic mass is 16.5. The van der Waals surface area contributed by atoms with Crippen LogP contribution in [0.25, 0.3) is 0 Å². The minimum Gasteiger partial charge on any atom is -0.504 e. The fraction of sp³-hybridized carbons (Fsp3) is 0.667. The van der Waals surface area contributed by atoms with Crippen molar-refractivity contribution in [3.8, 4) is 0 Å². The molecule has 2 aliphatic carbocycles. The number of ketones is 1. The van der Waals surface area contributed by atoms with Crippen molar-refractivity contribution >= 4 is 5.78 Å². The van der Waals surface area contributed by atoms with Gasteiger partial charge in [0.25, 0.3) is 0 Å². The molecule has 94 valence electrons. The largest absolute Gasteiger partial charge is 0.504 e. The zero-order valence-electron chi connectivity index (χ0n) is 11.5. The van der Waals surface area contributed by atoms with Crippen molar-refractivity contribution in [2.45, 2.75) is 40.5 Å². The second-order valence-corrected chi connectivity index (χ2v) is 5.91. The van der Waals surface area contributed by atoms with E-state index in [-0.39, 0.29) is 16.7 Å². The predicted octanol–water partition coefficient (Wildman–Crippen LogP) is 3.49. The number of carbonyl (C=O) groups excluding carboxylic acids is 1. The van der Waals surface area contributed by atoms with Crippen LogP contribution in [-0.2, 0) is 9.53 Å². The first-order chi connectivity index (χ1) is 7.90. The van der Waals surface area contributed by atoms with Crippen LogP contribution in [0, 0.1) is 16.7 Å². The Morgan fingerprint density at radius 1 is 1.47 bits per heavy atom. The summed E-state index contributed by atoms with van der Waals surface area (Å²) >= 11 is 0. The molecule has 0 aromatic heterocycles. The first-order valence-electron chi connectivity index (χ1n) is 6.33. The average Bonchev–Trinajstić information content (AvgIpc) is 2.52. The van der Waals surface area contributed by atoms with E-state index in [1.165, 1.54) is 5.57 Å². The molecule has 2 rings (SSSR count). The molecule has 0 amide bonds. The number of carbonyl (C=O) groups is 1. The minimum absolute atomic E-state index is 0.0890. The number of ether oxygens (including phenoxy) is 1. The number of hydrogen-bond acceptors (Lipinski definition) is 2. The van der Waals surface area contributed by atoms with Crippen molar-refractivity contribution < 1.29 is 9.53 Å². The van der Waals surface area contributed by atoms with E-state index in [1.807, 2.05) is 0 Å². The van der Waals surface area contributed by atoms with Crippen molar-refractivity contribution in [2.75, 3.05) is 7.11 Å². The van der Waals surface area contributed by atoms with Gasteiger partial charge >= 0.3 is 0 Å². The average molecular weight is 234 g/mol. The molecule has 0 N–H and O–H groups in total. The summed E-state index contributed by atoms with van der Waals surface area (Å²) in [5, 5.41) is 0. The van der Waals surface area contributed by atoms with Crippen molar-refractivity contribution in [2.24, 2.45) is 16.7 Å². The number of allylic oxidation sites excluding steroid dienone is 3. The molecule has 17 heavy (non-hydrogen) atoms. The van der Waals surface area contributed by atoms with E-state index in [4.69, 9.17) is 4.74 Å². The van der Waals surface area contributed by atoms with Crippen LogP contribution in [-0.4, -0.2) is 12.9 Å². The van der Waals surface area contributed by atoms with Gasteiger partial charge in [0.1, 0.15) is 0 Å². The number of rotatable bonds is 2. The molecule has 2 aliphatic rings. The van der Waals surface area contributed by atoms with Gasteiger partial charge in [-0.15, -0.1) is 0 Å². The summed E-state index contributed by atoms with van der Waals surface area (Å²) in [6, 6.07) is 0. The number of fused-ring (bicyclic) bond motifs is 1. The normalized spacial score (nSPS) is 42.1. The molecule has 0 aromatic carbocycles. The molecular weight excluding hydrogens is 212 g/mol. The van der Waals surface area contributed by atoms with Crippen LogP contribution < -0.4 is 0 Å². The first kappa shape index (κ1) is 12.4. The van der Waals surface area contributed by atoms with Crippen molar-refractivity contribution in [3.63, 3.8) is 0 Å². The maximum atomic E-state index is 12.4. The molecule has 0 aromatic rings. The highest BCUT2D eigenvalue weighted by Crippen LogP contribution is 2.70. The number of Topliss-reactive ketones (excluding diaryl/α,β-unsaturated/α-hetero) is 1. The SMILES string of the molecule is CO/C=C1\CC[C@]2(C)[C@@H](C)C(=O)[C@]12C=C(C)C. The van der Waals surface area contributed by atoms with E-state index in [1.54, 1.807) is 13.4 Å². The van der Waals surface area contributed by atoms with E-state index in [9.17, 15) is 4.79 Å². The lowest BCUT2D eigenvalue weighted by Crippen LogP contribution is -2.60. The van der Waals surface area contributed by atoms with Crippen molar-refractivity contribution in [3.05, 3.63) is 23.5 Å². The molecule has 0 heterocycles. The van der Waals surface area contributed by atoms with Gasteiger partial charge < -0.3 is 4.74 Å². The predicted molar refractivity (Wildman–Crippen MR) is 68.5 cm³/mol.